The highest BCUT2D eigenvalue weighted by atomic mass is 32.1. The van der Waals surface area contributed by atoms with Gasteiger partial charge in [-0.3, -0.25) is 0 Å². The fourth-order valence-electron chi connectivity index (χ4n) is 8.46. The highest BCUT2D eigenvalue weighted by Crippen LogP contribution is 2.48. The maximum atomic E-state index is 2.49. The summed E-state index contributed by atoms with van der Waals surface area (Å²) < 4.78 is 5.01. The standard InChI is InChI=1S/C50H32N2S/c1-2-15-35(16-3-1)52-44-24-10-8-20-41(44)42-23-12-22-38(50(42)52)33-28-30-36(31-29-33)51(45-25-13-27-48-49(45)43-21-9-11-26-47(43)53-48)46-32-34-14-4-5-17-37(34)39-18-6-7-19-40(39)46/h1-32H. The summed E-state index contributed by atoms with van der Waals surface area (Å²) in [5, 5.41) is 10.1. The molecule has 0 saturated carbocycles. The first-order valence-corrected chi connectivity index (χ1v) is 18.9. The van der Waals surface area contributed by atoms with Crippen LogP contribution in [0.4, 0.5) is 17.1 Å². The monoisotopic (exact) mass is 692 g/mol. The molecule has 3 heteroatoms. The molecule has 0 saturated heterocycles. The van der Waals surface area contributed by atoms with Gasteiger partial charge in [0.1, 0.15) is 0 Å². The zero-order chi connectivity index (χ0) is 34.9. The molecule has 0 radical (unpaired) electrons. The van der Waals surface area contributed by atoms with Crippen molar-refractivity contribution in [3.05, 3.63) is 194 Å². The molecule has 0 atom stereocenters. The Balaban J connectivity index is 1.17. The molecule has 0 amide bonds. The van der Waals surface area contributed by atoms with Gasteiger partial charge in [-0.25, -0.2) is 0 Å². The van der Waals surface area contributed by atoms with E-state index in [-0.39, 0.29) is 0 Å². The lowest BCUT2D eigenvalue weighted by molar-refractivity contribution is 1.18. The van der Waals surface area contributed by atoms with Gasteiger partial charge >= 0.3 is 0 Å². The van der Waals surface area contributed by atoms with Crippen LogP contribution in [0, 0.1) is 0 Å². The summed E-state index contributed by atoms with van der Waals surface area (Å²) in [6.07, 6.45) is 0. The quantitative estimate of drug-likeness (QED) is 0.163. The number of hydrogen-bond acceptors (Lipinski definition) is 2. The Bertz CT molecular complexity index is 3170. The second-order valence-corrected chi connectivity index (χ2v) is 14.8. The van der Waals surface area contributed by atoms with E-state index in [9.17, 15) is 0 Å². The molecule has 0 spiro atoms. The van der Waals surface area contributed by atoms with E-state index >= 15 is 0 Å². The zero-order valence-electron chi connectivity index (χ0n) is 28.8. The SMILES string of the molecule is c1ccc(-n2c3ccccc3c3cccc(-c4ccc(N(c5cc6ccccc6c6ccccc56)c5cccc6sc7ccccc7c56)cc4)c32)cc1. The van der Waals surface area contributed by atoms with Gasteiger partial charge in [0.15, 0.2) is 0 Å². The van der Waals surface area contributed by atoms with Crippen LogP contribution in [-0.2, 0) is 0 Å². The number of benzene rings is 9. The van der Waals surface area contributed by atoms with Crippen molar-refractivity contribution in [2.75, 3.05) is 4.90 Å². The van der Waals surface area contributed by atoms with Crippen LogP contribution in [0.25, 0.3) is 80.3 Å². The molecule has 248 valence electrons. The molecule has 0 unspecified atom stereocenters. The lowest BCUT2D eigenvalue weighted by Crippen LogP contribution is -2.11. The minimum atomic E-state index is 1.12. The predicted molar refractivity (Wildman–Crippen MR) is 229 cm³/mol. The van der Waals surface area contributed by atoms with Crippen LogP contribution >= 0.6 is 11.3 Å². The molecular formula is C50H32N2S. The number of fused-ring (bicyclic) bond motifs is 9. The molecule has 11 rings (SSSR count). The summed E-state index contributed by atoms with van der Waals surface area (Å²) in [5.74, 6) is 0. The Hall–Kier alpha value is -6.68. The van der Waals surface area contributed by atoms with E-state index in [4.69, 9.17) is 0 Å². The van der Waals surface area contributed by atoms with Gasteiger partial charge in [-0.15, -0.1) is 11.3 Å². The molecular weight excluding hydrogens is 661 g/mol. The highest BCUT2D eigenvalue weighted by molar-refractivity contribution is 7.26. The average molecular weight is 693 g/mol. The summed E-state index contributed by atoms with van der Waals surface area (Å²) in [7, 11) is 0. The molecule has 0 aliphatic carbocycles. The van der Waals surface area contributed by atoms with E-state index < -0.39 is 0 Å². The first kappa shape index (κ1) is 30.0. The molecule has 53 heavy (non-hydrogen) atoms. The smallest absolute Gasteiger partial charge is 0.0619 e. The van der Waals surface area contributed by atoms with E-state index in [2.05, 4.69) is 204 Å². The van der Waals surface area contributed by atoms with Gasteiger partial charge in [-0.05, 0) is 76.3 Å². The van der Waals surface area contributed by atoms with E-state index in [0.29, 0.717) is 0 Å². The van der Waals surface area contributed by atoms with E-state index in [1.807, 2.05) is 11.3 Å². The van der Waals surface area contributed by atoms with Crippen molar-refractivity contribution in [2.24, 2.45) is 0 Å². The van der Waals surface area contributed by atoms with Crippen molar-refractivity contribution in [3.63, 3.8) is 0 Å². The molecule has 9 aromatic carbocycles. The number of rotatable bonds is 5. The van der Waals surface area contributed by atoms with Crippen LogP contribution < -0.4 is 4.90 Å². The van der Waals surface area contributed by atoms with Gasteiger partial charge in [0.2, 0.25) is 0 Å². The van der Waals surface area contributed by atoms with Crippen molar-refractivity contribution >= 4 is 91.9 Å². The largest absolute Gasteiger partial charge is 0.309 e. The number of aromatic nitrogens is 1. The minimum absolute atomic E-state index is 1.12. The minimum Gasteiger partial charge on any atom is -0.309 e. The Kier molecular flexibility index (Phi) is 6.76. The number of anilines is 3. The van der Waals surface area contributed by atoms with Crippen LogP contribution in [0.15, 0.2) is 194 Å². The summed E-state index contributed by atoms with van der Waals surface area (Å²) in [5.41, 5.74) is 9.45. The fourth-order valence-corrected chi connectivity index (χ4v) is 9.58. The van der Waals surface area contributed by atoms with Gasteiger partial charge in [0, 0.05) is 53.3 Å². The lowest BCUT2D eigenvalue weighted by atomic mass is 9.98. The highest BCUT2D eigenvalue weighted by Gasteiger charge is 2.22. The third kappa shape index (κ3) is 4.64. The van der Waals surface area contributed by atoms with Crippen molar-refractivity contribution < 1.29 is 0 Å². The molecule has 11 aromatic rings. The van der Waals surface area contributed by atoms with Gasteiger partial charge in [-0.2, -0.15) is 0 Å². The number of thiophene rings is 1. The van der Waals surface area contributed by atoms with Gasteiger partial charge < -0.3 is 9.47 Å². The van der Waals surface area contributed by atoms with E-state index in [1.165, 1.54) is 86.0 Å². The Morgan fingerprint density at radius 2 is 1.06 bits per heavy atom. The Morgan fingerprint density at radius 3 is 1.91 bits per heavy atom. The van der Waals surface area contributed by atoms with Crippen LogP contribution in [0.2, 0.25) is 0 Å². The Morgan fingerprint density at radius 1 is 0.415 bits per heavy atom. The van der Waals surface area contributed by atoms with Gasteiger partial charge in [0.25, 0.3) is 0 Å². The molecule has 0 aliphatic heterocycles. The lowest BCUT2D eigenvalue weighted by Gasteiger charge is -2.28. The molecule has 2 heterocycles. The van der Waals surface area contributed by atoms with Crippen LogP contribution in [0.3, 0.4) is 0 Å². The van der Waals surface area contributed by atoms with Crippen molar-refractivity contribution in [1.29, 1.82) is 0 Å². The summed E-state index contributed by atoms with van der Waals surface area (Å²) in [6, 6.07) is 71.0. The van der Waals surface area contributed by atoms with Crippen molar-refractivity contribution in [1.82, 2.24) is 4.57 Å². The summed E-state index contributed by atoms with van der Waals surface area (Å²) >= 11 is 1.86. The molecule has 0 fully saturated rings. The summed E-state index contributed by atoms with van der Waals surface area (Å²) in [4.78, 5) is 2.49. The molecule has 0 aliphatic rings. The maximum absolute atomic E-state index is 2.49. The van der Waals surface area contributed by atoms with Gasteiger partial charge in [-0.1, -0.05) is 140 Å². The first-order chi connectivity index (χ1) is 26.3. The number of para-hydroxylation sites is 3. The molecule has 0 N–H and O–H groups in total. The van der Waals surface area contributed by atoms with Crippen LogP contribution in [-0.4, -0.2) is 4.57 Å². The second kappa shape index (κ2) is 11.9. The van der Waals surface area contributed by atoms with E-state index in [0.717, 1.165) is 11.4 Å². The normalized spacial score (nSPS) is 11.8. The third-order valence-corrected chi connectivity index (χ3v) is 11.9. The maximum Gasteiger partial charge on any atom is 0.0619 e. The van der Waals surface area contributed by atoms with Gasteiger partial charge in [0.05, 0.1) is 22.4 Å². The van der Waals surface area contributed by atoms with Crippen molar-refractivity contribution in [2.45, 2.75) is 0 Å². The average Bonchev–Trinajstić information content (AvgIpc) is 3.78. The molecule has 2 nitrogen and oxygen atoms in total. The van der Waals surface area contributed by atoms with Crippen molar-refractivity contribution in [3.8, 4) is 16.8 Å². The zero-order valence-corrected chi connectivity index (χ0v) is 29.6. The fraction of sp³-hybridized carbons (Fsp3) is 0. The number of nitrogens with zero attached hydrogens (tertiary/aromatic N) is 2. The van der Waals surface area contributed by atoms with E-state index in [1.54, 1.807) is 0 Å². The second-order valence-electron chi connectivity index (χ2n) is 13.7. The number of hydrogen-bond donors (Lipinski definition) is 0. The predicted octanol–water partition coefficient (Wildman–Crippen LogP) is 14.6. The summed E-state index contributed by atoms with van der Waals surface area (Å²) in [6.45, 7) is 0. The topological polar surface area (TPSA) is 8.17 Å². The molecule has 0 bridgehead atoms. The third-order valence-electron chi connectivity index (χ3n) is 10.8. The first-order valence-electron chi connectivity index (χ1n) is 18.1. The van der Waals surface area contributed by atoms with Crippen LogP contribution in [0.5, 0.6) is 0 Å². The Labute approximate surface area is 311 Å². The molecule has 2 aromatic heterocycles. The van der Waals surface area contributed by atoms with Crippen LogP contribution in [0.1, 0.15) is 0 Å².